The van der Waals surface area contributed by atoms with Gasteiger partial charge in [0.2, 0.25) is 11.2 Å². The summed E-state index contributed by atoms with van der Waals surface area (Å²) < 4.78 is 26.5. The first-order valence-corrected chi connectivity index (χ1v) is 9.54. The van der Waals surface area contributed by atoms with E-state index in [0.29, 0.717) is 28.0 Å². The van der Waals surface area contributed by atoms with Gasteiger partial charge in [0.15, 0.2) is 6.61 Å². The summed E-state index contributed by atoms with van der Waals surface area (Å²) >= 11 is 0. The molecule has 31 heavy (non-hydrogen) atoms. The van der Waals surface area contributed by atoms with Crippen molar-refractivity contribution in [3.63, 3.8) is 0 Å². The van der Waals surface area contributed by atoms with E-state index < -0.39 is 11.9 Å². The molecule has 0 N–H and O–H groups in total. The van der Waals surface area contributed by atoms with Gasteiger partial charge in [0.05, 0.1) is 24.2 Å². The zero-order chi connectivity index (χ0) is 22.5. The number of benzene rings is 2. The van der Waals surface area contributed by atoms with E-state index in [0.717, 1.165) is 0 Å². The third-order valence-corrected chi connectivity index (χ3v) is 4.21. The van der Waals surface area contributed by atoms with Crippen molar-refractivity contribution in [1.29, 1.82) is 0 Å². The van der Waals surface area contributed by atoms with Crippen LogP contribution in [0.1, 0.15) is 30.0 Å². The van der Waals surface area contributed by atoms with Crippen molar-refractivity contribution in [2.75, 3.05) is 13.7 Å². The molecule has 0 amide bonds. The molecule has 8 nitrogen and oxygen atoms in total. The van der Waals surface area contributed by atoms with E-state index in [9.17, 15) is 14.4 Å². The summed E-state index contributed by atoms with van der Waals surface area (Å²) in [6.07, 6.45) is -0.233. The van der Waals surface area contributed by atoms with Gasteiger partial charge in [-0.2, -0.15) is 0 Å². The lowest BCUT2D eigenvalue weighted by Gasteiger charge is -2.11. The zero-order valence-electron chi connectivity index (χ0n) is 17.6. The standard InChI is InChI=1S/C23H22O8/c1-13(2)29-20(24)12-28-17-9-10-18-19(11-17)30-14(3)22(21(18)25)31-16-7-5-15(6-8-16)23(26)27-4/h5-11,13H,12H2,1-4H3. The number of methoxy groups -OCH3 is 1. The van der Waals surface area contributed by atoms with E-state index in [2.05, 4.69) is 4.74 Å². The van der Waals surface area contributed by atoms with E-state index in [-0.39, 0.29) is 29.6 Å². The van der Waals surface area contributed by atoms with Crippen LogP contribution in [0.2, 0.25) is 0 Å². The molecule has 0 bridgehead atoms. The Hall–Kier alpha value is -3.81. The Balaban J connectivity index is 1.82. The Morgan fingerprint density at radius 3 is 2.35 bits per heavy atom. The quantitative estimate of drug-likeness (QED) is 0.522. The number of hydrogen-bond acceptors (Lipinski definition) is 8. The third-order valence-electron chi connectivity index (χ3n) is 4.21. The van der Waals surface area contributed by atoms with E-state index in [4.69, 9.17) is 18.6 Å². The summed E-state index contributed by atoms with van der Waals surface area (Å²) in [5.74, 6) is 0.0744. The van der Waals surface area contributed by atoms with Crippen LogP contribution in [0.3, 0.4) is 0 Å². The molecule has 0 unspecified atom stereocenters. The molecule has 0 saturated carbocycles. The molecule has 0 aliphatic heterocycles. The Morgan fingerprint density at radius 2 is 1.71 bits per heavy atom. The lowest BCUT2D eigenvalue weighted by atomic mass is 10.2. The van der Waals surface area contributed by atoms with Crippen LogP contribution >= 0.6 is 0 Å². The molecule has 1 aromatic heterocycles. The SMILES string of the molecule is COC(=O)c1ccc(Oc2c(C)oc3cc(OCC(=O)OC(C)C)ccc3c2=O)cc1. The van der Waals surface area contributed by atoms with Crippen LogP contribution in [0.15, 0.2) is 51.7 Å². The average molecular weight is 426 g/mol. The van der Waals surface area contributed by atoms with Crippen LogP contribution in [0.4, 0.5) is 0 Å². The second-order valence-corrected chi connectivity index (χ2v) is 6.92. The summed E-state index contributed by atoms with van der Waals surface area (Å²) in [6.45, 7) is 4.85. The van der Waals surface area contributed by atoms with Crippen molar-refractivity contribution in [2.45, 2.75) is 26.9 Å². The van der Waals surface area contributed by atoms with Crippen LogP contribution in [-0.4, -0.2) is 31.8 Å². The van der Waals surface area contributed by atoms with Gasteiger partial charge in [-0.05, 0) is 57.2 Å². The second kappa shape index (κ2) is 9.34. The number of carbonyl (C=O) groups is 2. The fraction of sp³-hybridized carbons (Fsp3) is 0.261. The van der Waals surface area contributed by atoms with Gasteiger partial charge in [-0.15, -0.1) is 0 Å². The van der Waals surface area contributed by atoms with Crippen LogP contribution in [0, 0.1) is 6.92 Å². The molecule has 3 rings (SSSR count). The molecular formula is C23H22O8. The lowest BCUT2D eigenvalue weighted by Crippen LogP contribution is -2.18. The monoisotopic (exact) mass is 426 g/mol. The zero-order valence-corrected chi connectivity index (χ0v) is 17.6. The molecule has 8 heteroatoms. The topological polar surface area (TPSA) is 101 Å². The fourth-order valence-corrected chi connectivity index (χ4v) is 2.81. The Morgan fingerprint density at radius 1 is 1.03 bits per heavy atom. The largest absolute Gasteiger partial charge is 0.482 e. The number of hydrogen-bond donors (Lipinski definition) is 0. The van der Waals surface area contributed by atoms with Gasteiger partial charge >= 0.3 is 11.9 Å². The number of ether oxygens (including phenoxy) is 4. The number of carbonyl (C=O) groups excluding carboxylic acids is 2. The minimum Gasteiger partial charge on any atom is -0.482 e. The van der Waals surface area contributed by atoms with Gasteiger partial charge in [-0.1, -0.05) is 0 Å². The summed E-state index contributed by atoms with van der Waals surface area (Å²) in [5.41, 5.74) is 0.300. The molecule has 0 fully saturated rings. The number of fused-ring (bicyclic) bond motifs is 1. The molecular weight excluding hydrogens is 404 g/mol. The van der Waals surface area contributed by atoms with Gasteiger partial charge in [-0.25, -0.2) is 9.59 Å². The minimum absolute atomic E-state index is 0.0347. The van der Waals surface area contributed by atoms with Crippen molar-refractivity contribution in [2.24, 2.45) is 0 Å². The lowest BCUT2D eigenvalue weighted by molar-refractivity contribution is -0.149. The predicted octanol–water partition coefficient (Wildman–Crippen LogP) is 4.01. The van der Waals surface area contributed by atoms with Gasteiger partial charge in [0.25, 0.3) is 0 Å². The Labute approximate surface area is 178 Å². The molecule has 0 spiro atoms. The first-order valence-electron chi connectivity index (χ1n) is 9.54. The highest BCUT2D eigenvalue weighted by Crippen LogP contribution is 2.27. The summed E-state index contributed by atoms with van der Waals surface area (Å²) in [4.78, 5) is 36.1. The molecule has 0 radical (unpaired) electrons. The number of aryl methyl sites for hydroxylation is 1. The van der Waals surface area contributed by atoms with E-state index in [1.807, 2.05) is 0 Å². The molecule has 0 aliphatic rings. The highest BCUT2D eigenvalue weighted by Gasteiger charge is 2.16. The molecule has 0 saturated heterocycles. The van der Waals surface area contributed by atoms with Gasteiger partial charge < -0.3 is 23.4 Å². The van der Waals surface area contributed by atoms with Gasteiger partial charge in [0.1, 0.15) is 22.8 Å². The van der Waals surface area contributed by atoms with Crippen molar-refractivity contribution >= 4 is 22.9 Å². The van der Waals surface area contributed by atoms with Gasteiger partial charge in [-0.3, -0.25) is 4.79 Å². The summed E-state index contributed by atoms with van der Waals surface area (Å²) in [6, 6.07) is 10.8. The van der Waals surface area contributed by atoms with Crippen LogP contribution in [0.5, 0.6) is 17.2 Å². The highest BCUT2D eigenvalue weighted by molar-refractivity contribution is 5.89. The third kappa shape index (κ3) is 5.22. The fourth-order valence-electron chi connectivity index (χ4n) is 2.81. The van der Waals surface area contributed by atoms with E-state index in [1.54, 1.807) is 39.0 Å². The van der Waals surface area contributed by atoms with E-state index in [1.165, 1.54) is 31.4 Å². The first-order chi connectivity index (χ1) is 14.8. The van der Waals surface area contributed by atoms with Gasteiger partial charge in [0, 0.05) is 6.07 Å². The van der Waals surface area contributed by atoms with E-state index >= 15 is 0 Å². The Bertz CT molecular complexity index is 1160. The van der Waals surface area contributed by atoms with Crippen LogP contribution in [0.25, 0.3) is 11.0 Å². The highest BCUT2D eigenvalue weighted by atomic mass is 16.6. The smallest absolute Gasteiger partial charge is 0.344 e. The van der Waals surface area contributed by atoms with Crippen LogP contribution in [-0.2, 0) is 14.3 Å². The molecule has 0 atom stereocenters. The van der Waals surface area contributed by atoms with Crippen molar-refractivity contribution < 1.29 is 33.0 Å². The van der Waals surface area contributed by atoms with Crippen LogP contribution < -0.4 is 14.9 Å². The first kappa shape index (κ1) is 21.9. The average Bonchev–Trinajstić information content (AvgIpc) is 2.74. The summed E-state index contributed by atoms with van der Waals surface area (Å²) in [5, 5.41) is 0.295. The maximum Gasteiger partial charge on any atom is 0.344 e. The Kier molecular flexibility index (Phi) is 6.59. The molecule has 1 heterocycles. The number of esters is 2. The number of rotatable bonds is 7. The predicted molar refractivity (Wildman–Crippen MR) is 112 cm³/mol. The summed E-state index contributed by atoms with van der Waals surface area (Å²) in [7, 11) is 1.30. The normalized spacial score (nSPS) is 10.7. The maximum atomic E-state index is 12.9. The molecule has 2 aromatic carbocycles. The van der Waals surface area contributed by atoms with Crippen molar-refractivity contribution in [1.82, 2.24) is 0 Å². The minimum atomic E-state index is -0.491. The molecule has 162 valence electrons. The second-order valence-electron chi connectivity index (χ2n) is 6.92. The molecule has 3 aromatic rings. The molecule has 0 aliphatic carbocycles. The maximum absolute atomic E-state index is 12.9. The van der Waals surface area contributed by atoms with Crippen molar-refractivity contribution in [3.05, 3.63) is 64.0 Å². The van der Waals surface area contributed by atoms with Crippen molar-refractivity contribution in [3.8, 4) is 17.2 Å².